The Hall–Kier alpha value is -1.88. The number of nitrogens with zero attached hydrogens (tertiary/aromatic N) is 1. The van der Waals surface area contributed by atoms with Gasteiger partial charge in [-0.25, -0.2) is 4.79 Å². The van der Waals surface area contributed by atoms with E-state index in [0.29, 0.717) is 30.8 Å². The summed E-state index contributed by atoms with van der Waals surface area (Å²) < 4.78 is 0. The van der Waals surface area contributed by atoms with Crippen molar-refractivity contribution in [3.8, 4) is 0 Å². The summed E-state index contributed by atoms with van der Waals surface area (Å²) >= 11 is 0. The second-order valence-corrected chi connectivity index (χ2v) is 5.24. The molecule has 0 bridgehead atoms. The third-order valence-corrected chi connectivity index (χ3v) is 3.26. The summed E-state index contributed by atoms with van der Waals surface area (Å²) in [5.74, 6) is -0.0415. The zero-order valence-electron chi connectivity index (χ0n) is 11.1. The number of hydrogen-bond acceptors (Lipinski definition) is 3. The van der Waals surface area contributed by atoms with Gasteiger partial charge in [-0.1, -0.05) is 12.1 Å². The molecule has 0 spiro atoms. The number of benzene rings is 1. The quantitative estimate of drug-likeness (QED) is 0.799. The molecule has 2 N–H and O–H groups in total. The number of ketones is 1. The van der Waals surface area contributed by atoms with Crippen LogP contribution in [0.5, 0.6) is 0 Å². The molecule has 1 aromatic carbocycles. The van der Waals surface area contributed by atoms with Crippen molar-refractivity contribution in [1.82, 2.24) is 4.90 Å². The van der Waals surface area contributed by atoms with E-state index in [4.69, 9.17) is 0 Å². The van der Waals surface area contributed by atoms with Crippen molar-refractivity contribution in [2.75, 3.05) is 18.4 Å². The Balaban J connectivity index is 2.03. The zero-order valence-corrected chi connectivity index (χ0v) is 11.1. The summed E-state index contributed by atoms with van der Waals surface area (Å²) in [6, 6.07) is 6.57. The monoisotopic (exact) mass is 262 g/mol. The molecule has 1 fully saturated rings. The van der Waals surface area contributed by atoms with Crippen LogP contribution >= 0.6 is 0 Å². The Kier molecular flexibility index (Phi) is 3.57. The van der Waals surface area contributed by atoms with E-state index in [1.807, 2.05) is 0 Å². The molecule has 2 rings (SSSR count). The van der Waals surface area contributed by atoms with Gasteiger partial charge in [-0.2, -0.15) is 0 Å². The number of aliphatic hydroxyl groups is 1. The number of carbonyl (C=O) groups excluding carboxylic acids is 2. The number of urea groups is 1. The Morgan fingerprint density at radius 2 is 2.16 bits per heavy atom. The Morgan fingerprint density at radius 1 is 1.42 bits per heavy atom. The molecule has 5 nitrogen and oxygen atoms in total. The van der Waals surface area contributed by atoms with Crippen LogP contribution in [-0.4, -0.2) is 40.5 Å². The van der Waals surface area contributed by atoms with Crippen molar-refractivity contribution in [3.63, 3.8) is 0 Å². The van der Waals surface area contributed by atoms with Gasteiger partial charge in [0.25, 0.3) is 0 Å². The molecule has 1 aliphatic heterocycles. The van der Waals surface area contributed by atoms with Gasteiger partial charge in [0.15, 0.2) is 5.78 Å². The molecule has 5 heteroatoms. The van der Waals surface area contributed by atoms with E-state index < -0.39 is 5.60 Å². The molecule has 1 aliphatic rings. The lowest BCUT2D eigenvalue weighted by Gasteiger charge is -2.19. The lowest BCUT2D eigenvalue weighted by atomic mass is 10.1. The predicted octanol–water partition coefficient (Wildman–Crippen LogP) is 1.88. The summed E-state index contributed by atoms with van der Waals surface area (Å²) in [6.45, 7) is 4.06. The molecule has 1 atom stereocenters. The SMILES string of the molecule is CC(=O)c1cccc(NC(=O)N2CCC(C)(O)C2)c1. The van der Waals surface area contributed by atoms with Crippen LogP contribution in [0.15, 0.2) is 24.3 Å². The minimum atomic E-state index is -0.807. The maximum atomic E-state index is 12.0. The van der Waals surface area contributed by atoms with Gasteiger partial charge in [-0.05, 0) is 32.4 Å². The fourth-order valence-corrected chi connectivity index (χ4v) is 2.14. The van der Waals surface area contributed by atoms with Crippen LogP contribution in [0.1, 0.15) is 30.6 Å². The van der Waals surface area contributed by atoms with Gasteiger partial charge in [-0.15, -0.1) is 0 Å². The highest BCUT2D eigenvalue weighted by molar-refractivity contribution is 5.96. The average molecular weight is 262 g/mol. The first-order valence-corrected chi connectivity index (χ1v) is 6.27. The first kappa shape index (κ1) is 13.5. The van der Waals surface area contributed by atoms with Gasteiger partial charge in [0.2, 0.25) is 0 Å². The maximum absolute atomic E-state index is 12.0. The van der Waals surface area contributed by atoms with Crippen LogP contribution in [0.25, 0.3) is 0 Å². The largest absolute Gasteiger partial charge is 0.388 e. The number of anilines is 1. The average Bonchev–Trinajstić information content (AvgIpc) is 2.70. The number of β-amino-alcohol motifs (C(OH)–C–C–N with tert-alkyl or cyclic N) is 1. The van der Waals surface area contributed by atoms with E-state index in [0.717, 1.165) is 0 Å². The van der Waals surface area contributed by atoms with E-state index in [1.54, 1.807) is 36.1 Å². The van der Waals surface area contributed by atoms with Crippen molar-refractivity contribution in [3.05, 3.63) is 29.8 Å². The predicted molar refractivity (Wildman–Crippen MR) is 72.3 cm³/mol. The Morgan fingerprint density at radius 3 is 2.74 bits per heavy atom. The number of rotatable bonds is 2. The molecule has 1 unspecified atom stereocenters. The topological polar surface area (TPSA) is 69.6 Å². The summed E-state index contributed by atoms with van der Waals surface area (Å²) in [5.41, 5.74) is 0.342. The molecule has 0 radical (unpaired) electrons. The van der Waals surface area contributed by atoms with Gasteiger partial charge in [0, 0.05) is 17.8 Å². The molecule has 1 saturated heterocycles. The highest BCUT2D eigenvalue weighted by atomic mass is 16.3. The molecule has 1 heterocycles. The highest BCUT2D eigenvalue weighted by Crippen LogP contribution is 2.21. The van der Waals surface area contributed by atoms with Crippen LogP contribution in [0.4, 0.5) is 10.5 Å². The van der Waals surface area contributed by atoms with Crippen molar-refractivity contribution < 1.29 is 14.7 Å². The van der Waals surface area contributed by atoms with Gasteiger partial charge >= 0.3 is 6.03 Å². The third-order valence-electron chi connectivity index (χ3n) is 3.26. The summed E-state index contributed by atoms with van der Waals surface area (Å²) in [7, 11) is 0. The van der Waals surface area contributed by atoms with Crippen LogP contribution in [0.3, 0.4) is 0 Å². The Bertz CT molecular complexity index is 511. The molecule has 2 amide bonds. The van der Waals surface area contributed by atoms with Gasteiger partial charge in [0.1, 0.15) is 0 Å². The van der Waals surface area contributed by atoms with Gasteiger partial charge in [-0.3, -0.25) is 4.79 Å². The van der Waals surface area contributed by atoms with E-state index in [-0.39, 0.29) is 11.8 Å². The van der Waals surface area contributed by atoms with Gasteiger partial charge in [0.05, 0.1) is 12.1 Å². The van der Waals surface area contributed by atoms with E-state index in [1.165, 1.54) is 6.92 Å². The van der Waals surface area contributed by atoms with Gasteiger partial charge < -0.3 is 15.3 Å². The fourth-order valence-electron chi connectivity index (χ4n) is 2.14. The van der Waals surface area contributed by atoms with Crippen molar-refractivity contribution >= 4 is 17.5 Å². The number of amides is 2. The standard InChI is InChI=1S/C14H18N2O3/c1-10(17)11-4-3-5-12(8-11)15-13(18)16-7-6-14(2,19)9-16/h3-5,8,19H,6-7,9H2,1-2H3,(H,15,18). The summed E-state index contributed by atoms with van der Waals surface area (Å²) in [4.78, 5) is 24.8. The number of hydrogen-bond donors (Lipinski definition) is 2. The number of nitrogens with one attached hydrogen (secondary N) is 1. The molecular weight excluding hydrogens is 244 g/mol. The lowest BCUT2D eigenvalue weighted by molar-refractivity contribution is 0.0727. The number of likely N-dealkylation sites (tertiary alicyclic amines) is 1. The summed E-state index contributed by atoms with van der Waals surface area (Å²) in [5, 5.41) is 12.6. The summed E-state index contributed by atoms with van der Waals surface area (Å²) in [6.07, 6.45) is 0.577. The van der Waals surface area contributed by atoms with E-state index >= 15 is 0 Å². The smallest absolute Gasteiger partial charge is 0.321 e. The number of Topliss-reactive ketones (excluding diaryl/α,β-unsaturated/α-hetero) is 1. The van der Waals surface area contributed by atoms with Crippen LogP contribution < -0.4 is 5.32 Å². The van der Waals surface area contributed by atoms with Crippen molar-refractivity contribution in [2.24, 2.45) is 0 Å². The highest BCUT2D eigenvalue weighted by Gasteiger charge is 2.33. The second kappa shape index (κ2) is 5.01. The van der Waals surface area contributed by atoms with Crippen LogP contribution in [0, 0.1) is 0 Å². The third kappa shape index (κ3) is 3.32. The van der Waals surface area contributed by atoms with Crippen molar-refractivity contribution in [2.45, 2.75) is 25.9 Å². The fraction of sp³-hybridized carbons (Fsp3) is 0.429. The minimum Gasteiger partial charge on any atom is -0.388 e. The first-order valence-electron chi connectivity index (χ1n) is 6.27. The molecule has 0 saturated carbocycles. The first-order chi connectivity index (χ1) is 8.87. The molecule has 1 aromatic rings. The van der Waals surface area contributed by atoms with E-state index in [9.17, 15) is 14.7 Å². The molecule has 102 valence electrons. The van der Waals surface area contributed by atoms with E-state index in [2.05, 4.69) is 5.32 Å². The Labute approximate surface area is 112 Å². The molecule has 0 aromatic heterocycles. The molecule has 19 heavy (non-hydrogen) atoms. The zero-order chi connectivity index (χ0) is 14.0. The number of carbonyl (C=O) groups is 2. The van der Waals surface area contributed by atoms with Crippen LogP contribution in [-0.2, 0) is 0 Å². The van der Waals surface area contributed by atoms with Crippen molar-refractivity contribution in [1.29, 1.82) is 0 Å². The lowest BCUT2D eigenvalue weighted by Crippen LogP contribution is -2.36. The molecule has 0 aliphatic carbocycles. The second-order valence-electron chi connectivity index (χ2n) is 5.24. The normalized spacial score (nSPS) is 22.4. The van der Waals surface area contributed by atoms with Crippen LogP contribution in [0.2, 0.25) is 0 Å². The molecular formula is C14H18N2O3. The minimum absolute atomic E-state index is 0.0415. The maximum Gasteiger partial charge on any atom is 0.321 e.